The second kappa shape index (κ2) is 5.75. The minimum atomic E-state index is 0.632. The van der Waals surface area contributed by atoms with E-state index in [0.29, 0.717) is 6.04 Å². The quantitative estimate of drug-likeness (QED) is 0.856. The van der Waals surface area contributed by atoms with Gasteiger partial charge < -0.3 is 11.1 Å². The van der Waals surface area contributed by atoms with Crippen molar-refractivity contribution in [3.8, 4) is 0 Å². The lowest BCUT2D eigenvalue weighted by molar-refractivity contribution is 0.345. The zero-order chi connectivity index (χ0) is 13.1. The molecule has 18 heavy (non-hydrogen) atoms. The van der Waals surface area contributed by atoms with Crippen LogP contribution >= 0.6 is 0 Å². The van der Waals surface area contributed by atoms with Gasteiger partial charge in [-0.1, -0.05) is 17.7 Å². The van der Waals surface area contributed by atoms with Crippen LogP contribution in [0, 0.1) is 26.7 Å². The number of nitrogens with one attached hydrogen (secondary N) is 1. The molecule has 1 aromatic rings. The molecule has 0 aliphatic heterocycles. The summed E-state index contributed by atoms with van der Waals surface area (Å²) in [7, 11) is 0. The summed E-state index contributed by atoms with van der Waals surface area (Å²) in [6.45, 7) is 7.42. The second-order valence-corrected chi connectivity index (χ2v) is 5.87. The SMILES string of the molecule is Cc1cc(C)c(NC2CCC(CN)CC2)c(C)c1. The van der Waals surface area contributed by atoms with E-state index in [0.717, 1.165) is 12.5 Å². The van der Waals surface area contributed by atoms with Crippen LogP contribution < -0.4 is 11.1 Å². The molecule has 3 N–H and O–H groups in total. The van der Waals surface area contributed by atoms with E-state index < -0.39 is 0 Å². The van der Waals surface area contributed by atoms with Crippen LogP contribution in [0.25, 0.3) is 0 Å². The summed E-state index contributed by atoms with van der Waals surface area (Å²) in [5.41, 5.74) is 11.2. The Morgan fingerprint density at radius 1 is 1.06 bits per heavy atom. The van der Waals surface area contributed by atoms with Gasteiger partial charge in [-0.15, -0.1) is 0 Å². The summed E-state index contributed by atoms with van der Waals surface area (Å²) in [6.07, 6.45) is 5.07. The zero-order valence-corrected chi connectivity index (χ0v) is 11.9. The summed E-state index contributed by atoms with van der Waals surface area (Å²) >= 11 is 0. The largest absolute Gasteiger partial charge is 0.382 e. The Labute approximate surface area is 111 Å². The standard InChI is InChI=1S/C16H26N2/c1-11-8-12(2)16(13(3)9-11)18-15-6-4-14(10-17)5-7-15/h8-9,14-15,18H,4-7,10,17H2,1-3H3. The van der Waals surface area contributed by atoms with Crippen molar-refractivity contribution in [3.05, 3.63) is 28.8 Å². The molecular weight excluding hydrogens is 220 g/mol. The van der Waals surface area contributed by atoms with Crippen molar-refractivity contribution < 1.29 is 0 Å². The summed E-state index contributed by atoms with van der Waals surface area (Å²) in [6, 6.07) is 5.16. The highest BCUT2D eigenvalue weighted by Crippen LogP contribution is 2.29. The average molecular weight is 246 g/mol. The number of nitrogens with two attached hydrogens (primary N) is 1. The molecule has 0 bridgehead atoms. The molecule has 0 heterocycles. The van der Waals surface area contributed by atoms with E-state index in [1.54, 1.807) is 0 Å². The molecule has 0 saturated heterocycles. The topological polar surface area (TPSA) is 38.0 Å². The highest BCUT2D eigenvalue weighted by Gasteiger charge is 2.20. The third kappa shape index (κ3) is 3.05. The van der Waals surface area contributed by atoms with Gasteiger partial charge in [-0.3, -0.25) is 0 Å². The van der Waals surface area contributed by atoms with E-state index in [2.05, 4.69) is 38.2 Å². The first-order valence-corrected chi connectivity index (χ1v) is 7.14. The van der Waals surface area contributed by atoms with Gasteiger partial charge in [0.05, 0.1) is 0 Å². The van der Waals surface area contributed by atoms with Gasteiger partial charge in [-0.25, -0.2) is 0 Å². The van der Waals surface area contributed by atoms with Crippen LogP contribution in [0.4, 0.5) is 5.69 Å². The van der Waals surface area contributed by atoms with Gasteiger partial charge in [0.2, 0.25) is 0 Å². The molecule has 0 spiro atoms. The smallest absolute Gasteiger partial charge is 0.0401 e. The minimum absolute atomic E-state index is 0.632. The first kappa shape index (κ1) is 13.4. The van der Waals surface area contributed by atoms with Crippen molar-refractivity contribution in [3.63, 3.8) is 0 Å². The number of benzene rings is 1. The van der Waals surface area contributed by atoms with E-state index in [9.17, 15) is 0 Å². The van der Waals surface area contributed by atoms with Gasteiger partial charge in [-0.2, -0.15) is 0 Å². The second-order valence-electron chi connectivity index (χ2n) is 5.87. The monoisotopic (exact) mass is 246 g/mol. The zero-order valence-electron chi connectivity index (χ0n) is 11.9. The highest BCUT2D eigenvalue weighted by molar-refractivity contribution is 5.58. The van der Waals surface area contributed by atoms with E-state index in [1.165, 1.54) is 48.1 Å². The van der Waals surface area contributed by atoms with Gasteiger partial charge >= 0.3 is 0 Å². The van der Waals surface area contributed by atoms with Crippen molar-refractivity contribution in [1.82, 2.24) is 0 Å². The lowest BCUT2D eigenvalue weighted by atomic mass is 9.86. The van der Waals surface area contributed by atoms with Crippen molar-refractivity contribution in [2.45, 2.75) is 52.5 Å². The van der Waals surface area contributed by atoms with E-state index >= 15 is 0 Å². The number of rotatable bonds is 3. The number of hydrogen-bond acceptors (Lipinski definition) is 2. The predicted octanol–water partition coefficient (Wildman–Crippen LogP) is 3.54. The summed E-state index contributed by atoms with van der Waals surface area (Å²) < 4.78 is 0. The molecule has 0 amide bonds. The number of aryl methyl sites for hydroxylation is 3. The van der Waals surface area contributed by atoms with E-state index in [4.69, 9.17) is 5.73 Å². The lowest BCUT2D eigenvalue weighted by Gasteiger charge is -2.30. The third-order valence-corrected chi connectivity index (χ3v) is 4.21. The van der Waals surface area contributed by atoms with Crippen LogP contribution in [0.1, 0.15) is 42.4 Å². The van der Waals surface area contributed by atoms with Crippen LogP contribution in [-0.2, 0) is 0 Å². The third-order valence-electron chi connectivity index (χ3n) is 4.21. The van der Waals surface area contributed by atoms with Crippen LogP contribution in [0.15, 0.2) is 12.1 Å². The molecule has 0 radical (unpaired) electrons. The molecule has 0 aromatic heterocycles. The van der Waals surface area contributed by atoms with Gasteiger partial charge in [0.25, 0.3) is 0 Å². The van der Waals surface area contributed by atoms with Crippen LogP contribution in [0.5, 0.6) is 0 Å². The van der Waals surface area contributed by atoms with Gasteiger partial charge in [0, 0.05) is 11.7 Å². The Bertz CT molecular complexity index is 381. The van der Waals surface area contributed by atoms with Crippen molar-refractivity contribution in [1.29, 1.82) is 0 Å². The van der Waals surface area contributed by atoms with E-state index in [1.807, 2.05) is 0 Å². The van der Waals surface area contributed by atoms with E-state index in [-0.39, 0.29) is 0 Å². The first-order chi connectivity index (χ1) is 8.60. The maximum absolute atomic E-state index is 5.75. The first-order valence-electron chi connectivity index (χ1n) is 7.14. The lowest BCUT2D eigenvalue weighted by Crippen LogP contribution is -2.29. The van der Waals surface area contributed by atoms with Crippen LogP contribution in [-0.4, -0.2) is 12.6 Å². The fourth-order valence-corrected chi connectivity index (χ4v) is 3.15. The van der Waals surface area contributed by atoms with Crippen LogP contribution in [0.3, 0.4) is 0 Å². The molecule has 1 saturated carbocycles. The van der Waals surface area contributed by atoms with Gasteiger partial charge in [0.15, 0.2) is 0 Å². The highest BCUT2D eigenvalue weighted by atomic mass is 14.9. The molecule has 0 unspecified atom stereocenters. The Morgan fingerprint density at radius 2 is 1.61 bits per heavy atom. The van der Waals surface area contributed by atoms with Crippen molar-refractivity contribution in [2.75, 3.05) is 11.9 Å². The maximum Gasteiger partial charge on any atom is 0.0401 e. The van der Waals surface area contributed by atoms with Crippen molar-refractivity contribution >= 4 is 5.69 Å². The average Bonchev–Trinajstić information content (AvgIpc) is 2.34. The Morgan fingerprint density at radius 3 is 2.11 bits per heavy atom. The Kier molecular flexibility index (Phi) is 4.28. The molecule has 2 nitrogen and oxygen atoms in total. The number of hydrogen-bond donors (Lipinski definition) is 2. The molecule has 1 fully saturated rings. The molecule has 100 valence electrons. The van der Waals surface area contributed by atoms with Crippen LogP contribution in [0.2, 0.25) is 0 Å². The van der Waals surface area contributed by atoms with Crippen molar-refractivity contribution in [2.24, 2.45) is 11.7 Å². The molecule has 1 aliphatic carbocycles. The fourth-order valence-electron chi connectivity index (χ4n) is 3.15. The summed E-state index contributed by atoms with van der Waals surface area (Å²) in [5.74, 6) is 0.753. The van der Waals surface area contributed by atoms with Gasteiger partial charge in [-0.05, 0) is 70.0 Å². The minimum Gasteiger partial charge on any atom is -0.382 e. The molecule has 0 atom stereocenters. The summed E-state index contributed by atoms with van der Waals surface area (Å²) in [5, 5.41) is 3.75. The molecule has 1 aliphatic rings. The molecule has 1 aromatic carbocycles. The molecule has 2 rings (SSSR count). The fraction of sp³-hybridized carbons (Fsp3) is 0.625. The van der Waals surface area contributed by atoms with Gasteiger partial charge in [0.1, 0.15) is 0 Å². The maximum atomic E-state index is 5.75. The Balaban J connectivity index is 2.02. The number of anilines is 1. The predicted molar refractivity (Wildman–Crippen MR) is 79.1 cm³/mol. The molecule has 2 heteroatoms. The molecular formula is C16H26N2. The Hall–Kier alpha value is -1.02. The normalized spacial score (nSPS) is 24.0. The summed E-state index contributed by atoms with van der Waals surface area (Å²) in [4.78, 5) is 0.